The quantitative estimate of drug-likeness (QED) is 0.548. The number of carbonyl (C=O) groups is 1. The Bertz CT molecular complexity index is 581. The molecule has 0 N–H and O–H groups in total. The third kappa shape index (κ3) is 1.51. The van der Waals surface area contributed by atoms with Gasteiger partial charge in [0.15, 0.2) is 5.78 Å². The van der Waals surface area contributed by atoms with E-state index in [-0.39, 0.29) is 5.92 Å². The number of rotatable bonds is 1. The van der Waals surface area contributed by atoms with Crippen LogP contribution < -0.4 is 0 Å². The minimum absolute atomic E-state index is 0.278. The van der Waals surface area contributed by atoms with Crippen molar-refractivity contribution in [2.45, 2.75) is 13.3 Å². The molecule has 96 valence electrons. The Hall–Kier alpha value is -1.63. The van der Waals surface area contributed by atoms with Crippen LogP contribution in [0.25, 0.3) is 6.08 Å². The molecule has 4 rings (SSSR count). The van der Waals surface area contributed by atoms with Crippen LogP contribution >= 0.6 is 0 Å². The highest BCUT2D eigenvalue weighted by molar-refractivity contribution is 6.04. The first-order chi connectivity index (χ1) is 9.25. The van der Waals surface area contributed by atoms with Crippen LogP contribution in [-0.4, -0.2) is 5.78 Å². The molecule has 0 spiro atoms. The van der Waals surface area contributed by atoms with Gasteiger partial charge in [-0.3, -0.25) is 4.79 Å². The van der Waals surface area contributed by atoms with Gasteiger partial charge in [-0.25, -0.2) is 0 Å². The van der Waals surface area contributed by atoms with Gasteiger partial charge in [-0.15, -0.1) is 0 Å². The van der Waals surface area contributed by atoms with Crippen LogP contribution in [0.3, 0.4) is 0 Å². The summed E-state index contributed by atoms with van der Waals surface area (Å²) >= 11 is 0. The predicted octanol–water partition coefficient (Wildman–Crippen LogP) is 3.73. The zero-order chi connectivity index (χ0) is 13.0. The molecule has 1 aromatic rings. The fourth-order valence-electron chi connectivity index (χ4n) is 4.47. The highest BCUT2D eigenvalue weighted by Gasteiger charge is 2.56. The first kappa shape index (κ1) is 11.2. The van der Waals surface area contributed by atoms with Crippen molar-refractivity contribution in [1.82, 2.24) is 0 Å². The van der Waals surface area contributed by atoms with Crippen molar-refractivity contribution in [3.8, 4) is 0 Å². The van der Waals surface area contributed by atoms with Crippen molar-refractivity contribution >= 4 is 11.9 Å². The second-order valence-electron chi connectivity index (χ2n) is 6.21. The number of benzene rings is 1. The van der Waals surface area contributed by atoms with Gasteiger partial charge in [-0.2, -0.15) is 0 Å². The van der Waals surface area contributed by atoms with Crippen LogP contribution in [0, 0.1) is 29.6 Å². The standard InChI is InChI=1S/C18H18O/c1-11-15(9-12-5-3-2-4-6-12)18(19)17-14-8-7-13(10-14)16(11)17/h2-9,11,13-14,16-17H,10H2,1H3/b15-9+/t11-,13+,14-,16-,17+/m1/s1. The zero-order valence-corrected chi connectivity index (χ0v) is 11.1. The van der Waals surface area contributed by atoms with Crippen molar-refractivity contribution in [2.75, 3.05) is 0 Å². The maximum atomic E-state index is 12.7. The second kappa shape index (κ2) is 3.93. The lowest BCUT2D eigenvalue weighted by atomic mass is 9.81. The summed E-state index contributed by atoms with van der Waals surface area (Å²) in [6.45, 7) is 2.24. The summed E-state index contributed by atoms with van der Waals surface area (Å²) in [6, 6.07) is 10.2. The molecule has 19 heavy (non-hydrogen) atoms. The molecule has 0 saturated heterocycles. The smallest absolute Gasteiger partial charge is 0.163 e. The highest BCUT2D eigenvalue weighted by Crippen LogP contribution is 2.57. The molecule has 0 amide bonds. The third-order valence-electron chi connectivity index (χ3n) is 5.30. The molecule has 2 saturated carbocycles. The molecular weight excluding hydrogens is 232 g/mol. The molecule has 5 atom stereocenters. The van der Waals surface area contributed by atoms with Gasteiger partial charge >= 0.3 is 0 Å². The van der Waals surface area contributed by atoms with Crippen molar-refractivity contribution < 1.29 is 4.79 Å². The Kier molecular flexibility index (Phi) is 2.32. The maximum absolute atomic E-state index is 12.7. The molecule has 2 fully saturated rings. The predicted molar refractivity (Wildman–Crippen MR) is 76.3 cm³/mol. The van der Waals surface area contributed by atoms with Gasteiger partial charge in [0, 0.05) is 5.92 Å². The Morgan fingerprint density at radius 2 is 1.84 bits per heavy atom. The van der Waals surface area contributed by atoms with Gasteiger partial charge in [0.2, 0.25) is 0 Å². The number of hydrogen-bond acceptors (Lipinski definition) is 1. The van der Waals surface area contributed by atoms with Crippen LogP contribution in [0.5, 0.6) is 0 Å². The molecular formula is C18H18O. The lowest BCUT2D eigenvalue weighted by Gasteiger charge is -2.21. The Balaban J connectivity index is 1.73. The van der Waals surface area contributed by atoms with E-state index in [1.807, 2.05) is 18.2 Å². The van der Waals surface area contributed by atoms with E-state index in [0.717, 1.165) is 11.1 Å². The van der Waals surface area contributed by atoms with E-state index >= 15 is 0 Å². The molecule has 3 aliphatic rings. The van der Waals surface area contributed by atoms with E-state index in [2.05, 4.69) is 37.3 Å². The molecule has 0 aliphatic heterocycles. The minimum atomic E-state index is 0.278. The molecule has 1 nitrogen and oxygen atoms in total. The molecule has 2 bridgehead atoms. The Labute approximate surface area is 114 Å². The zero-order valence-electron chi connectivity index (χ0n) is 11.1. The van der Waals surface area contributed by atoms with E-state index in [4.69, 9.17) is 0 Å². The molecule has 1 aromatic carbocycles. The van der Waals surface area contributed by atoms with Crippen LogP contribution in [0.15, 0.2) is 48.1 Å². The largest absolute Gasteiger partial charge is 0.294 e. The third-order valence-corrected chi connectivity index (χ3v) is 5.30. The normalized spacial score (nSPS) is 41.2. The molecule has 1 heteroatoms. The van der Waals surface area contributed by atoms with E-state index in [9.17, 15) is 4.79 Å². The first-order valence-corrected chi connectivity index (χ1v) is 7.25. The van der Waals surface area contributed by atoms with Crippen molar-refractivity contribution in [3.05, 3.63) is 53.6 Å². The number of Topliss-reactive ketones (excluding diaryl/α,β-unsaturated/α-hetero) is 1. The number of fused-ring (bicyclic) bond motifs is 5. The molecule has 3 aliphatic carbocycles. The van der Waals surface area contributed by atoms with Gasteiger partial charge in [-0.1, -0.05) is 49.4 Å². The fraction of sp³-hybridized carbons (Fsp3) is 0.389. The summed E-state index contributed by atoms with van der Waals surface area (Å²) in [4.78, 5) is 12.7. The molecule has 0 heterocycles. The van der Waals surface area contributed by atoms with Crippen molar-refractivity contribution in [3.63, 3.8) is 0 Å². The number of ketones is 1. The van der Waals surface area contributed by atoms with Crippen molar-refractivity contribution in [1.29, 1.82) is 0 Å². The van der Waals surface area contributed by atoms with E-state index < -0.39 is 0 Å². The van der Waals surface area contributed by atoms with Crippen LogP contribution in [0.2, 0.25) is 0 Å². The van der Waals surface area contributed by atoms with Gasteiger partial charge in [0.05, 0.1) is 0 Å². The van der Waals surface area contributed by atoms with Gasteiger partial charge < -0.3 is 0 Å². The average Bonchev–Trinajstić information content (AvgIpc) is 3.10. The summed E-state index contributed by atoms with van der Waals surface area (Å²) in [5.74, 6) is 2.84. The maximum Gasteiger partial charge on any atom is 0.163 e. The van der Waals surface area contributed by atoms with E-state index in [1.165, 1.54) is 6.42 Å². The van der Waals surface area contributed by atoms with Crippen LogP contribution in [0.1, 0.15) is 18.9 Å². The summed E-state index contributed by atoms with van der Waals surface area (Å²) in [6.07, 6.45) is 7.96. The lowest BCUT2D eigenvalue weighted by molar-refractivity contribution is -0.118. The summed E-state index contributed by atoms with van der Waals surface area (Å²) in [7, 11) is 0. The lowest BCUT2D eigenvalue weighted by Crippen LogP contribution is -2.20. The molecule has 0 radical (unpaired) electrons. The van der Waals surface area contributed by atoms with Gasteiger partial charge in [-0.05, 0) is 47.3 Å². The Morgan fingerprint density at radius 3 is 2.58 bits per heavy atom. The molecule has 0 aromatic heterocycles. The SMILES string of the molecule is C[C@@H]1/C(=C\c2ccccc2)C(=O)[C@@H]2[C@H]1[C@H]1C=C[C@@H]2C1. The summed E-state index contributed by atoms with van der Waals surface area (Å²) in [5.41, 5.74) is 2.21. The van der Waals surface area contributed by atoms with Crippen molar-refractivity contribution in [2.24, 2.45) is 29.6 Å². The topological polar surface area (TPSA) is 17.1 Å². The highest BCUT2D eigenvalue weighted by atomic mass is 16.1. The molecule has 0 unspecified atom stereocenters. The number of carbonyl (C=O) groups excluding carboxylic acids is 1. The number of hydrogen-bond donors (Lipinski definition) is 0. The van der Waals surface area contributed by atoms with Gasteiger partial charge in [0.25, 0.3) is 0 Å². The first-order valence-electron chi connectivity index (χ1n) is 7.25. The number of allylic oxidation sites excluding steroid dienone is 3. The van der Waals surface area contributed by atoms with E-state index in [0.29, 0.717) is 29.5 Å². The second-order valence-corrected chi connectivity index (χ2v) is 6.21. The average molecular weight is 250 g/mol. The summed E-state index contributed by atoms with van der Waals surface area (Å²) in [5, 5.41) is 0. The van der Waals surface area contributed by atoms with Crippen LogP contribution in [-0.2, 0) is 4.79 Å². The van der Waals surface area contributed by atoms with Crippen LogP contribution in [0.4, 0.5) is 0 Å². The minimum Gasteiger partial charge on any atom is -0.294 e. The summed E-state index contributed by atoms with van der Waals surface area (Å²) < 4.78 is 0. The van der Waals surface area contributed by atoms with Gasteiger partial charge in [0.1, 0.15) is 0 Å². The monoisotopic (exact) mass is 250 g/mol. The van der Waals surface area contributed by atoms with E-state index in [1.54, 1.807) is 0 Å². The Morgan fingerprint density at radius 1 is 1.11 bits per heavy atom. The fourth-order valence-corrected chi connectivity index (χ4v) is 4.47.